The van der Waals surface area contributed by atoms with E-state index in [1.165, 1.54) is 16.4 Å². The number of hydrogen-bond donors (Lipinski definition) is 1. The van der Waals surface area contributed by atoms with E-state index < -0.39 is 0 Å². The Kier molecular flexibility index (Phi) is 4.55. The fraction of sp³-hybridized carbons (Fsp3) is 0.0667. The van der Waals surface area contributed by atoms with Crippen LogP contribution < -0.4 is 5.84 Å². The lowest BCUT2D eigenvalue weighted by atomic mass is 10.2. The summed E-state index contributed by atoms with van der Waals surface area (Å²) in [4.78, 5) is 5.38. The van der Waals surface area contributed by atoms with Crippen molar-refractivity contribution in [3.05, 3.63) is 52.1 Å². The van der Waals surface area contributed by atoms with E-state index in [4.69, 9.17) is 10.4 Å². The number of nitrogen functional groups attached to an aromatic ring is 1. The average Bonchev–Trinajstić information content (AvgIpc) is 3.34. The van der Waals surface area contributed by atoms with Gasteiger partial charge < -0.3 is 10.4 Å². The highest BCUT2D eigenvalue weighted by Gasteiger charge is 2.15. The highest BCUT2D eigenvalue weighted by Crippen LogP contribution is 2.27. The fourth-order valence-electron chi connectivity index (χ4n) is 2.13. The van der Waals surface area contributed by atoms with Gasteiger partial charge in [0.05, 0.1) is 10.6 Å². The number of benzene rings is 1. The fourth-order valence-corrected chi connectivity index (χ4v) is 3.93. The molecule has 0 spiro atoms. The molecule has 0 saturated heterocycles. The highest BCUT2D eigenvalue weighted by molar-refractivity contribution is 9.10. The molecule has 0 aliphatic heterocycles. The second-order valence-electron chi connectivity index (χ2n) is 4.96. The molecule has 0 atom stereocenters. The summed E-state index contributed by atoms with van der Waals surface area (Å²) in [6.45, 7) is 0. The largest absolute Gasteiger partial charge is 0.338 e. The van der Waals surface area contributed by atoms with Crippen molar-refractivity contribution in [1.82, 2.24) is 25.0 Å². The van der Waals surface area contributed by atoms with Gasteiger partial charge in [-0.05, 0) is 23.6 Å². The molecule has 25 heavy (non-hydrogen) atoms. The standard InChI is InChI=1S/C15H11BrN6OS2/c16-10-4-1-3-9(7-10)13-18-12(23-21-13)8-25-15-20-19-14(22(15)17)11-5-2-6-24-11/h1-7H,8,17H2. The van der Waals surface area contributed by atoms with Crippen LogP contribution in [0.3, 0.4) is 0 Å². The SMILES string of the molecule is Nn1c(SCc2nc(-c3cccc(Br)c3)no2)nnc1-c1cccs1. The van der Waals surface area contributed by atoms with E-state index >= 15 is 0 Å². The first kappa shape index (κ1) is 16.3. The van der Waals surface area contributed by atoms with Crippen LogP contribution >= 0.6 is 39.0 Å². The van der Waals surface area contributed by atoms with Crippen LogP contribution in [0, 0.1) is 0 Å². The molecule has 10 heteroatoms. The van der Waals surface area contributed by atoms with Gasteiger partial charge in [-0.2, -0.15) is 4.98 Å². The van der Waals surface area contributed by atoms with E-state index in [2.05, 4.69) is 36.3 Å². The maximum absolute atomic E-state index is 6.08. The Balaban J connectivity index is 1.48. The average molecular weight is 435 g/mol. The molecule has 0 aliphatic carbocycles. The monoisotopic (exact) mass is 434 g/mol. The van der Waals surface area contributed by atoms with Crippen LogP contribution in [-0.2, 0) is 5.75 Å². The number of halogens is 1. The molecule has 4 rings (SSSR count). The normalized spacial score (nSPS) is 11.1. The molecule has 1 aromatic carbocycles. The smallest absolute Gasteiger partial charge is 0.237 e. The lowest BCUT2D eigenvalue weighted by Gasteiger charge is -2.00. The minimum absolute atomic E-state index is 0.459. The maximum atomic E-state index is 6.08. The molecule has 0 fully saturated rings. The molecule has 3 heterocycles. The molecule has 126 valence electrons. The second-order valence-corrected chi connectivity index (χ2v) is 7.77. The second kappa shape index (κ2) is 6.98. The zero-order valence-electron chi connectivity index (χ0n) is 12.7. The van der Waals surface area contributed by atoms with E-state index in [9.17, 15) is 0 Å². The topological polar surface area (TPSA) is 95.7 Å². The van der Waals surface area contributed by atoms with Gasteiger partial charge in [-0.15, -0.1) is 21.5 Å². The van der Waals surface area contributed by atoms with Gasteiger partial charge in [-0.1, -0.05) is 51.0 Å². The summed E-state index contributed by atoms with van der Waals surface area (Å²) in [6, 6.07) is 11.6. The van der Waals surface area contributed by atoms with Crippen molar-refractivity contribution in [3.63, 3.8) is 0 Å². The van der Waals surface area contributed by atoms with E-state index in [1.54, 1.807) is 11.3 Å². The summed E-state index contributed by atoms with van der Waals surface area (Å²) in [5.41, 5.74) is 0.886. The number of thioether (sulfide) groups is 1. The van der Waals surface area contributed by atoms with Gasteiger partial charge in [0, 0.05) is 10.0 Å². The van der Waals surface area contributed by atoms with E-state index in [0.29, 0.717) is 28.4 Å². The molecule has 0 radical (unpaired) electrons. The van der Waals surface area contributed by atoms with Crippen LogP contribution in [0.1, 0.15) is 5.89 Å². The zero-order chi connectivity index (χ0) is 17.2. The summed E-state index contributed by atoms with van der Waals surface area (Å²) in [5, 5.41) is 14.8. The Hall–Kier alpha value is -2.17. The van der Waals surface area contributed by atoms with Crippen LogP contribution in [0.2, 0.25) is 0 Å². The van der Waals surface area contributed by atoms with Crippen molar-refractivity contribution >= 4 is 39.0 Å². The van der Waals surface area contributed by atoms with Crippen molar-refractivity contribution in [2.45, 2.75) is 10.9 Å². The lowest BCUT2D eigenvalue weighted by Crippen LogP contribution is -2.11. The zero-order valence-corrected chi connectivity index (χ0v) is 15.9. The molecule has 0 bridgehead atoms. The molecule has 3 aromatic heterocycles. The molecule has 4 aromatic rings. The van der Waals surface area contributed by atoms with Crippen molar-refractivity contribution in [2.24, 2.45) is 0 Å². The summed E-state index contributed by atoms with van der Waals surface area (Å²) < 4.78 is 7.74. The number of hydrogen-bond acceptors (Lipinski definition) is 8. The Morgan fingerprint density at radius 1 is 1.24 bits per heavy atom. The number of nitrogens with two attached hydrogens (primary N) is 1. The summed E-state index contributed by atoms with van der Waals surface area (Å²) in [5.74, 6) is 8.22. The molecule has 0 saturated carbocycles. The maximum Gasteiger partial charge on any atom is 0.237 e. The predicted octanol–water partition coefficient (Wildman–Crippen LogP) is 3.83. The summed E-state index contributed by atoms with van der Waals surface area (Å²) >= 11 is 6.39. The molecule has 0 aliphatic rings. The van der Waals surface area contributed by atoms with Crippen LogP contribution in [-0.4, -0.2) is 25.0 Å². The van der Waals surface area contributed by atoms with Crippen LogP contribution in [0.25, 0.3) is 22.1 Å². The molecular weight excluding hydrogens is 424 g/mol. The van der Waals surface area contributed by atoms with Gasteiger partial charge in [0.25, 0.3) is 0 Å². The van der Waals surface area contributed by atoms with Gasteiger partial charge in [-0.3, -0.25) is 0 Å². The van der Waals surface area contributed by atoms with Crippen molar-refractivity contribution in [2.75, 3.05) is 5.84 Å². The number of rotatable bonds is 5. The Bertz CT molecular complexity index is 997. The molecule has 2 N–H and O–H groups in total. The number of thiophene rings is 1. The van der Waals surface area contributed by atoms with Gasteiger partial charge in [-0.25, -0.2) is 4.68 Å². The minimum atomic E-state index is 0.459. The quantitative estimate of drug-likeness (QED) is 0.376. The molecular formula is C15H11BrN6OS2. The minimum Gasteiger partial charge on any atom is -0.338 e. The first-order chi connectivity index (χ1) is 12.2. The van der Waals surface area contributed by atoms with Gasteiger partial charge >= 0.3 is 0 Å². The van der Waals surface area contributed by atoms with Crippen molar-refractivity contribution in [1.29, 1.82) is 0 Å². The predicted molar refractivity (Wildman–Crippen MR) is 100 cm³/mol. The van der Waals surface area contributed by atoms with Crippen LogP contribution in [0.5, 0.6) is 0 Å². The van der Waals surface area contributed by atoms with Gasteiger partial charge in [0.2, 0.25) is 16.9 Å². The Morgan fingerprint density at radius 2 is 2.16 bits per heavy atom. The molecule has 0 amide bonds. The number of nitrogens with zero attached hydrogens (tertiary/aromatic N) is 5. The summed E-state index contributed by atoms with van der Waals surface area (Å²) in [6.07, 6.45) is 0. The van der Waals surface area contributed by atoms with Gasteiger partial charge in [0.1, 0.15) is 0 Å². The number of aromatic nitrogens is 5. The van der Waals surface area contributed by atoms with E-state index in [0.717, 1.165) is 14.9 Å². The summed E-state index contributed by atoms with van der Waals surface area (Å²) in [7, 11) is 0. The van der Waals surface area contributed by atoms with E-state index in [-0.39, 0.29) is 0 Å². The third-order valence-corrected chi connectivity index (χ3v) is 5.57. The van der Waals surface area contributed by atoms with Crippen LogP contribution in [0.15, 0.2) is 55.9 Å². The van der Waals surface area contributed by atoms with Crippen molar-refractivity contribution in [3.8, 4) is 22.1 Å². The van der Waals surface area contributed by atoms with Gasteiger partial charge in [0.15, 0.2) is 5.82 Å². The highest BCUT2D eigenvalue weighted by atomic mass is 79.9. The Labute approximate surface area is 159 Å². The third kappa shape index (κ3) is 3.46. The van der Waals surface area contributed by atoms with Crippen LogP contribution in [0.4, 0.5) is 0 Å². The first-order valence-electron chi connectivity index (χ1n) is 7.16. The van der Waals surface area contributed by atoms with E-state index in [1.807, 2.05) is 41.8 Å². The lowest BCUT2D eigenvalue weighted by molar-refractivity contribution is 0.391. The van der Waals surface area contributed by atoms with Crippen molar-refractivity contribution < 1.29 is 4.52 Å². The Morgan fingerprint density at radius 3 is 2.96 bits per heavy atom. The molecule has 0 unspecified atom stereocenters. The molecule has 7 nitrogen and oxygen atoms in total. The third-order valence-electron chi connectivity index (χ3n) is 3.28. The first-order valence-corrected chi connectivity index (χ1v) is 9.82.